The van der Waals surface area contributed by atoms with Crippen LogP contribution in [-0.4, -0.2) is 17.8 Å². The average molecular weight is 587 g/mol. The Morgan fingerprint density at radius 1 is 0.829 bits per heavy atom. The number of carbonyl (C=O) groups excluding carboxylic acids is 3. The molecule has 0 spiro atoms. The van der Waals surface area contributed by atoms with E-state index < -0.39 is 17.8 Å². The van der Waals surface area contributed by atoms with Crippen molar-refractivity contribution in [3.05, 3.63) is 129 Å². The molecule has 0 radical (unpaired) electrons. The lowest BCUT2D eigenvalue weighted by Crippen LogP contribution is -2.54. The third-order valence-corrected chi connectivity index (χ3v) is 6.89. The van der Waals surface area contributed by atoms with Crippen molar-refractivity contribution in [2.75, 3.05) is 4.90 Å². The van der Waals surface area contributed by atoms with Crippen molar-refractivity contribution in [2.24, 2.45) is 0 Å². The summed E-state index contributed by atoms with van der Waals surface area (Å²) in [4.78, 5) is 39.7. The number of rotatable bonds is 8. The van der Waals surface area contributed by atoms with Gasteiger partial charge in [0.05, 0.1) is 5.69 Å². The number of carbonyl (C=O) groups is 3. The van der Waals surface area contributed by atoms with Crippen LogP contribution < -0.4 is 19.7 Å². The number of urea groups is 1. The SMILES string of the molecule is Cc1cccc(COc2ccccc2/C=C2\C(=O)NC(=O)N(c3ccc(OCc4ccc(Cl)cc4Cl)cc3)C2=O)c1. The van der Waals surface area contributed by atoms with E-state index in [1.54, 1.807) is 66.7 Å². The molecule has 4 aromatic carbocycles. The normalized spacial score (nSPS) is 14.3. The Labute approximate surface area is 246 Å². The smallest absolute Gasteiger partial charge is 0.335 e. The van der Waals surface area contributed by atoms with Crippen molar-refractivity contribution < 1.29 is 23.9 Å². The van der Waals surface area contributed by atoms with Crippen molar-refractivity contribution in [3.63, 3.8) is 0 Å². The van der Waals surface area contributed by atoms with Gasteiger partial charge in [-0.05, 0) is 61.0 Å². The zero-order valence-corrected chi connectivity index (χ0v) is 23.4. The number of benzene rings is 4. The fourth-order valence-electron chi connectivity index (χ4n) is 4.23. The van der Waals surface area contributed by atoms with Crippen LogP contribution in [0.15, 0.2) is 96.6 Å². The van der Waals surface area contributed by atoms with E-state index in [-0.39, 0.29) is 17.9 Å². The first-order chi connectivity index (χ1) is 19.8. The molecule has 206 valence electrons. The lowest BCUT2D eigenvalue weighted by atomic mass is 10.1. The van der Waals surface area contributed by atoms with Crippen LogP contribution in [0.3, 0.4) is 0 Å². The molecule has 4 amide bonds. The molecule has 41 heavy (non-hydrogen) atoms. The second kappa shape index (κ2) is 12.3. The van der Waals surface area contributed by atoms with Gasteiger partial charge in [-0.2, -0.15) is 0 Å². The van der Waals surface area contributed by atoms with Crippen LogP contribution in [0.1, 0.15) is 22.3 Å². The van der Waals surface area contributed by atoms with E-state index in [4.69, 9.17) is 32.7 Å². The highest BCUT2D eigenvalue weighted by Crippen LogP contribution is 2.28. The highest BCUT2D eigenvalue weighted by molar-refractivity contribution is 6.39. The molecule has 9 heteroatoms. The van der Waals surface area contributed by atoms with Gasteiger partial charge in [0.25, 0.3) is 11.8 Å². The summed E-state index contributed by atoms with van der Waals surface area (Å²) < 4.78 is 11.8. The van der Waals surface area contributed by atoms with E-state index in [1.807, 2.05) is 31.2 Å². The maximum atomic E-state index is 13.4. The summed E-state index contributed by atoms with van der Waals surface area (Å²) in [6, 6.07) is 25.6. The second-order valence-corrected chi connectivity index (χ2v) is 10.1. The van der Waals surface area contributed by atoms with Crippen molar-refractivity contribution in [1.29, 1.82) is 0 Å². The summed E-state index contributed by atoms with van der Waals surface area (Å²) in [6.07, 6.45) is 1.43. The van der Waals surface area contributed by atoms with Gasteiger partial charge in [0.1, 0.15) is 30.3 Å². The Hall–Kier alpha value is -4.59. The number of imide groups is 2. The average Bonchev–Trinajstić information content (AvgIpc) is 2.95. The van der Waals surface area contributed by atoms with Crippen LogP contribution in [0, 0.1) is 6.92 Å². The molecule has 0 atom stereocenters. The molecule has 5 rings (SSSR count). The standard InChI is InChI=1S/C32H24Cl2N2O5/c1-20-5-4-6-21(15-20)18-41-29-8-3-2-7-22(29)16-27-30(37)35-32(39)36(31(27)38)25-11-13-26(14-12-25)40-19-23-9-10-24(33)17-28(23)34/h2-17H,18-19H2,1H3,(H,35,37,39)/b27-16+. The van der Waals surface area contributed by atoms with E-state index in [0.29, 0.717) is 33.7 Å². The summed E-state index contributed by atoms with van der Waals surface area (Å²) in [7, 11) is 0. The lowest BCUT2D eigenvalue weighted by molar-refractivity contribution is -0.122. The summed E-state index contributed by atoms with van der Waals surface area (Å²) in [6.45, 7) is 2.51. The molecule has 4 aromatic rings. The third-order valence-electron chi connectivity index (χ3n) is 6.30. The fourth-order valence-corrected chi connectivity index (χ4v) is 4.70. The van der Waals surface area contributed by atoms with E-state index in [2.05, 4.69) is 5.32 Å². The molecule has 1 aliphatic rings. The molecule has 1 saturated heterocycles. The largest absolute Gasteiger partial charge is 0.489 e. The quantitative estimate of drug-likeness (QED) is 0.175. The van der Waals surface area contributed by atoms with Crippen molar-refractivity contribution >= 4 is 52.8 Å². The Bertz CT molecular complexity index is 1670. The number of anilines is 1. The second-order valence-electron chi connectivity index (χ2n) is 9.29. The number of aryl methyl sites for hydroxylation is 1. The van der Waals surface area contributed by atoms with Gasteiger partial charge in [-0.3, -0.25) is 14.9 Å². The van der Waals surface area contributed by atoms with E-state index in [0.717, 1.165) is 21.6 Å². The van der Waals surface area contributed by atoms with Crippen LogP contribution in [0.25, 0.3) is 6.08 Å². The summed E-state index contributed by atoms with van der Waals surface area (Å²) in [5.41, 5.74) is 3.45. The van der Waals surface area contributed by atoms with Crippen LogP contribution in [0.5, 0.6) is 11.5 Å². The Morgan fingerprint density at radius 3 is 2.37 bits per heavy atom. The molecule has 1 heterocycles. The number of hydrogen-bond acceptors (Lipinski definition) is 5. The number of hydrogen-bond donors (Lipinski definition) is 1. The third kappa shape index (κ3) is 6.60. The number of barbiturate groups is 1. The van der Waals surface area contributed by atoms with E-state index in [9.17, 15) is 14.4 Å². The van der Waals surface area contributed by atoms with Crippen molar-refractivity contribution in [2.45, 2.75) is 20.1 Å². The van der Waals surface area contributed by atoms with Gasteiger partial charge in [-0.1, -0.05) is 77.3 Å². The molecule has 1 fully saturated rings. The molecule has 7 nitrogen and oxygen atoms in total. The van der Waals surface area contributed by atoms with Crippen LogP contribution in [0.2, 0.25) is 10.0 Å². The predicted octanol–water partition coefficient (Wildman–Crippen LogP) is 7.13. The zero-order chi connectivity index (χ0) is 28.9. The van der Waals surface area contributed by atoms with Crippen molar-refractivity contribution in [3.8, 4) is 11.5 Å². The Balaban J connectivity index is 1.33. The molecular weight excluding hydrogens is 563 g/mol. The van der Waals surface area contributed by atoms with Gasteiger partial charge in [0.2, 0.25) is 0 Å². The minimum Gasteiger partial charge on any atom is -0.489 e. The molecule has 1 N–H and O–H groups in total. The first-order valence-corrected chi connectivity index (χ1v) is 13.4. The van der Waals surface area contributed by atoms with Crippen molar-refractivity contribution in [1.82, 2.24) is 5.32 Å². The predicted molar refractivity (Wildman–Crippen MR) is 158 cm³/mol. The highest BCUT2D eigenvalue weighted by Gasteiger charge is 2.37. The van der Waals surface area contributed by atoms with E-state index >= 15 is 0 Å². The zero-order valence-electron chi connectivity index (χ0n) is 21.9. The number of nitrogens with one attached hydrogen (secondary N) is 1. The van der Waals surface area contributed by atoms with E-state index in [1.165, 1.54) is 6.08 Å². The van der Waals surface area contributed by atoms with Gasteiger partial charge in [-0.15, -0.1) is 0 Å². The minimum atomic E-state index is -0.845. The Morgan fingerprint density at radius 2 is 1.61 bits per heavy atom. The van der Waals surface area contributed by atoms with Crippen LogP contribution in [0.4, 0.5) is 10.5 Å². The molecular formula is C32H24Cl2N2O5. The lowest BCUT2D eigenvalue weighted by Gasteiger charge is -2.26. The summed E-state index contributed by atoms with van der Waals surface area (Å²) >= 11 is 12.1. The van der Waals surface area contributed by atoms with Gasteiger partial charge >= 0.3 is 6.03 Å². The monoisotopic (exact) mass is 586 g/mol. The maximum absolute atomic E-state index is 13.4. The van der Waals surface area contributed by atoms with Gasteiger partial charge < -0.3 is 9.47 Å². The van der Waals surface area contributed by atoms with Crippen LogP contribution >= 0.6 is 23.2 Å². The van der Waals surface area contributed by atoms with Gasteiger partial charge in [0, 0.05) is 21.2 Å². The van der Waals surface area contributed by atoms with Gasteiger partial charge in [-0.25, -0.2) is 9.69 Å². The molecule has 0 unspecified atom stereocenters. The summed E-state index contributed by atoms with van der Waals surface area (Å²) in [5, 5.41) is 3.25. The number of amides is 4. The number of halogens is 2. The highest BCUT2D eigenvalue weighted by atomic mass is 35.5. The molecule has 0 aromatic heterocycles. The maximum Gasteiger partial charge on any atom is 0.335 e. The first kappa shape index (κ1) is 28.0. The van der Waals surface area contributed by atoms with Crippen LogP contribution in [-0.2, 0) is 22.8 Å². The molecule has 0 bridgehead atoms. The number of ether oxygens (including phenoxy) is 2. The summed E-state index contributed by atoms with van der Waals surface area (Å²) in [5.74, 6) is -0.553. The molecule has 1 aliphatic heterocycles. The number of nitrogens with zero attached hydrogens (tertiary/aromatic N) is 1. The van der Waals surface area contributed by atoms with Gasteiger partial charge in [0.15, 0.2) is 0 Å². The first-order valence-electron chi connectivity index (χ1n) is 12.6. The topological polar surface area (TPSA) is 84.9 Å². The molecule has 0 aliphatic carbocycles. The number of para-hydroxylation sites is 1. The fraction of sp³-hybridized carbons (Fsp3) is 0.0938. The minimum absolute atomic E-state index is 0.200. The Kier molecular flexibility index (Phi) is 8.38. The molecule has 0 saturated carbocycles.